The van der Waals surface area contributed by atoms with Gasteiger partial charge in [-0.15, -0.1) is 10.2 Å². The minimum atomic E-state index is 0.192. The highest BCUT2D eigenvalue weighted by atomic mass is 15.3. The van der Waals surface area contributed by atoms with E-state index in [0.717, 1.165) is 18.9 Å². The fourth-order valence-corrected chi connectivity index (χ4v) is 2.58. The van der Waals surface area contributed by atoms with Crippen LogP contribution in [0.15, 0.2) is 12.4 Å². The summed E-state index contributed by atoms with van der Waals surface area (Å²) >= 11 is 0. The summed E-state index contributed by atoms with van der Waals surface area (Å²) < 4.78 is 4.29. The summed E-state index contributed by atoms with van der Waals surface area (Å²) in [5.41, 5.74) is 4.02. The van der Waals surface area contributed by atoms with Gasteiger partial charge in [-0.3, -0.25) is 0 Å². The highest BCUT2D eigenvalue weighted by molar-refractivity contribution is 5.26. The van der Waals surface area contributed by atoms with Gasteiger partial charge in [-0.1, -0.05) is 0 Å². The molecule has 104 valence electrons. The third-order valence-corrected chi connectivity index (χ3v) is 3.73. The summed E-state index contributed by atoms with van der Waals surface area (Å²) in [4.78, 5) is 0. The smallest absolute Gasteiger partial charge is 0.149 e. The molecule has 0 saturated carbocycles. The Morgan fingerprint density at radius 2 is 2.11 bits per heavy atom. The molecule has 2 rings (SSSR count). The summed E-state index contributed by atoms with van der Waals surface area (Å²) in [6.45, 7) is 10.5. The first-order valence-electron chi connectivity index (χ1n) is 6.77. The van der Waals surface area contributed by atoms with Crippen molar-refractivity contribution in [2.45, 2.75) is 46.8 Å². The molecule has 0 bridgehead atoms. The van der Waals surface area contributed by atoms with Crippen molar-refractivity contribution in [1.82, 2.24) is 24.6 Å². The van der Waals surface area contributed by atoms with Gasteiger partial charge in [0.1, 0.15) is 12.2 Å². The molecule has 0 amide bonds. The van der Waals surface area contributed by atoms with Crippen molar-refractivity contribution in [1.29, 1.82) is 0 Å². The Labute approximate surface area is 114 Å². The average Bonchev–Trinajstić information content (AvgIpc) is 2.91. The molecule has 0 radical (unpaired) electrons. The molecular weight excluding hydrogens is 238 g/mol. The Balaban J connectivity index is 2.05. The maximum absolute atomic E-state index is 4.13. The summed E-state index contributed by atoms with van der Waals surface area (Å²) in [5.74, 6) is 0.962. The van der Waals surface area contributed by atoms with Gasteiger partial charge in [0.25, 0.3) is 0 Å². The highest BCUT2D eigenvalue weighted by Gasteiger charge is 2.13. The topological polar surface area (TPSA) is 47.7 Å². The van der Waals surface area contributed by atoms with E-state index in [1.54, 1.807) is 6.33 Å². The van der Waals surface area contributed by atoms with Crippen LogP contribution >= 0.6 is 0 Å². The number of nitrogens with one attached hydrogen (secondary N) is 1. The molecule has 0 spiro atoms. The van der Waals surface area contributed by atoms with Gasteiger partial charge in [-0.25, -0.2) is 0 Å². The number of hydrogen-bond acceptors (Lipinski definition) is 3. The molecule has 0 aliphatic rings. The lowest BCUT2D eigenvalue weighted by Gasteiger charge is -2.13. The van der Waals surface area contributed by atoms with Gasteiger partial charge in [-0.05, 0) is 39.3 Å². The van der Waals surface area contributed by atoms with Gasteiger partial charge in [0.2, 0.25) is 0 Å². The number of nitrogens with zero attached hydrogens (tertiary/aromatic N) is 4. The summed E-state index contributed by atoms with van der Waals surface area (Å²) in [6, 6.07) is 2.45. The van der Waals surface area contributed by atoms with Gasteiger partial charge in [0, 0.05) is 31.5 Å². The first-order chi connectivity index (χ1) is 9.04. The maximum atomic E-state index is 4.13. The van der Waals surface area contributed by atoms with E-state index in [2.05, 4.69) is 53.8 Å². The van der Waals surface area contributed by atoms with Crippen LogP contribution in [0.3, 0.4) is 0 Å². The minimum Gasteiger partial charge on any atom is -0.349 e. The maximum Gasteiger partial charge on any atom is 0.149 e. The van der Waals surface area contributed by atoms with Gasteiger partial charge in [0.05, 0.1) is 6.04 Å². The zero-order valence-corrected chi connectivity index (χ0v) is 12.4. The van der Waals surface area contributed by atoms with Gasteiger partial charge in [-0.2, -0.15) is 0 Å². The van der Waals surface area contributed by atoms with Crippen molar-refractivity contribution in [3.05, 3.63) is 35.2 Å². The van der Waals surface area contributed by atoms with Crippen LogP contribution in [0, 0.1) is 13.8 Å². The molecule has 1 atom stereocenters. The van der Waals surface area contributed by atoms with Crippen molar-refractivity contribution in [3.8, 4) is 0 Å². The molecule has 2 aromatic heterocycles. The third-order valence-electron chi connectivity index (χ3n) is 3.73. The normalized spacial score (nSPS) is 12.9. The SMILES string of the molecule is CCn1c(C)cc(CNC(C)c2nncn2C)c1C. The Hall–Kier alpha value is -1.62. The predicted octanol–water partition coefficient (Wildman–Crippen LogP) is 2.10. The lowest BCUT2D eigenvalue weighted by Crippen LogP contribution is -2.21. The number of hydrogen-bond donors (Lipinski definition) is 1. The Kier molecular flexibility index (Phi) is 4.04. The molecule has 19 heavy (non-hydrogen) atoms. The van der Waals surface area contributed by atoms with E-state index in [9.17, 15) is 0 Å². The summed E-state index contributed by atoms with van der Waals surface area (Å²) in [6.07, 6.45) is 1.73. The van der Waals surface area contributed by atoms with Gasteiger partial charge >= 0.3 is 0 Å². The predicted molar refractivity (Wildman–Crippen MR) is 75.8 cm³/mol. The number of rotatable bonds is 5. The van der Waals surface area contributed by atoms with E-state index in [-0.39, 0.29) is 6.04 Å². The standard InChI is InChI=1S/C14H23N5/c1-6-19-10(2)7-13(12(19)4)8-15-11(3)14-17-16-9-18(14)5/h7,9,11,15H,6,8H2,1-5H3. The number of aromatic nitrogens is 4. The molecule has 0 aliphatic heterocycles. The zero-order valence-electron chi connectivity index (χ0n) is 12.4. The Morgan fingerprint density at radius 1 is 1.37 bits per heavy atom. The highest BCUT2D eigenvalue weighted by Crippen LogP contribution is 2.16. The second-order valence-electron chi connectivity index (χ2n) is 5.04. The molecule has 1 unspecified atom stereocenters. The van der Waals surface area contributed by atoms with E-state index in [0.29, 0.717) is 0 Å². The van der Waals surface area contributed by atoms with Crippen molar-refractivity contribution in [3.63, 3.8) is 0 Å². The van der Waals surface area contributed by atoms with Crippen molar-refractivity contribution >= 4 is 0 Å². The van der Waals surface area contributed by atoms with Crippen LogP contribution < -0.4 is 5.32 Å². The lowest BCUT2D eigenvalue weighted by atomic mass is 10.2. The quantitative estimate of drug-likeness (QED) is 0.896. The monoisotopic (exact) mass is 261 g/mol. The van der Waals surface area contributed by atoms with E-state index < -0.39 is 0 Å². The van der Waals surface area contributed by atoms with Crippen LogP contribution in [0.1, 0.15) is 42.7 Å². The Bertz CT molecular complexity index is 552. The van der Waals surface area contributed by atoms with E-state index in [4.69, 9.17) is 0 Å². The molecule has 0 aliphatic carbocycles. The van der Waals surface area contributed by atoms with Crippen LogP contribution in [-0.2, 0) is 20.1 Å². The largest absolute Gasteiger partial charge is 0.349 e. The molecule has 5 nitrogen and oxygen atoms in total. The van der Waals surface area contributed by atoms with Crippen LogP contribution in [0.5, 0.6) is 0 Å². The van der Waals surface area contributed by atoms with Crippen molar-refractivity contribution in [2.24, 2.45) is 7.05 Å². The molecule has 5 heteroatoms. The molecule has 0 aromatic carbocycles. The lowest BCUT2D eigenvalue weighted by molar-refractivity contribution is 0.526. The van der Waals surface area contributed by atoms with E-state index in [1.807, 2.05) is 11.6 Å². The van der Waals surface area contributed by atoms with E-state index in [1.165, 1.54) is 17.0 Å². The molecule has 1 N–H and O–H groups in total. The fourth-order valence-electron chi connectivity index (χ4n) is 2.58. The van der Waals surface area contributed by atoms with Crippen LogP contribution in [0.4, 0.5) is 0 Å². The van der Waals surface area contributed by atoms with E-state index >= 15 is 0 Å². The van der Waals surface area contributed by atoms with Crippen LogP contribution in [0.25, 0.3) is 0 Å². The molecule has 2 heterocycles. The first kappa shape index (κ1) is 13.8. The second kappa shape index (κ2) is 5.57. The summed E-state index contributed by atoms with van der Waals surface area (Å²) in [5, 5.41) is 11.6. The number of aryl methyl sites for hydroxylation is 2. The first-order valence-corrected chi connectivity index (χ1v) is 6.77. The third kappa shape index (κ3) is 2.71. The Morgan fingerprint density at radius 3 is 2.63 bits per heavy atom. The zero-order chi connectivity index (χ0) is 14.0. The van der Waals surface area contributed by atoms with Gasteiger partial charge in [0.15, 0.2) is 0 Å². The second-order valence-corrected chi connectivity index (χ2v) is 5.04. The fraction of sp³-hybridized carbons (Fsp3) is 0.571. The molecular formula is C14H23N5. The minimum absolute atomic E-state index is 0.192. The van der Waals surface area contributed by atoms with Crippen LogP contribution in [-0.4, -0.2) is 19.3 Å². The molecule has 2 aromatic rings. The van der Waals surface area contributed by atoms with Gasteiger partial charge < -0.3 is 14.5 Å². The summed E-state index contributed by atoms with van der Waals surface area (Å²) in [7, 11) is 1.97. The van der Waals surface area contributed by atoms with Crippen molar-refractivity contribution < 1.29 is 0 Å². The van der Waals surface area contributed by atoms with Crippen molar-refractivity contribution in [2.75, 3.05) is 0 Å². The average molecular weight is 261 g/mol. The molecule has 0 saturated heterocycles. The molecule has 0 fully saturated rings. The van der Waals surface area contributed by atoms with Crippen LogP contribution in [0.2, 0.25) is 0 Å².